The fraction of sp³-hybridized carbons (Fsp3) is 0.500. The molecule has 6 heteroatoms. The minimum atomic E-state index is 0.516. The molecule has 0 saturated carbocycles. The van der Waals surface area contributed by atoms with Crippen molar-refractivity contribution in [2.24, 2.45) is 5.92 Å². The Morgan fingerprint density at radius 3 is 3.17 bits per heavy atom. The number of nitrogens with zero attached hydrogens (tertiary/aromatic N) is 4. The first-order chi connectivity index (χ1) is 8.92. The molecule has 2 aromatic heterocycles. The van der Waals surface area contributed by atoms with Crippen molar-refractivity contribution in [3.8, 4) is 11.5 Å². The molecule has 94 valence electrons. The monoisotopic (exact) mass is 245 g/mol. The molecule has 1 unspecified atom stereocenters. The molecule has 1 aliphatic rings. The molecule has 0 aliphatic carbocycles. The largest absolute Gasteiger partial charge is 0.339 e. The summed E-state index contributed by atoms with van der Waals surface area (Å²) in [7, 11) is 0. The third kappa shape index (κ3) is 2.53. The van der Waals surface area contributed by atoms with Crippen LogP contribution in [-0.2, 0) is 6.42 Å². The summed E-state index contributed by atoms with van der Waals surface area (Å²) in [5.41, 5.74) is 0.648. The van der Waals surface area contributed by atoms with E-state index >= 15 is 0 Å². The van der Waals surface area contributed by atoms with Crippen LogP contribution < -0.4 is 5.32 Å². The molecule has 3 heterocycles. The van der Waals surface area contributed by atoms with E-state index < -0.39 is 0 Å². The van der Waals surface area contributed by atoms with E-state index in [0.29, 0.717) is 17.4 Å². The van der Waals surface area contributed by atoms with Gasteiger partial charge >= 0.3 is 0 Å². The Bertz CT molecular complexity index is 492. The number of aryl methyl sites for hydroxylation is 1. The fourth-order valence-electron chi connectivity index (χ4n) is 2.16. The standard InChI is InChI=1S/C12H15N5O/c1(9-3-4-13-7-9)2-11-16-12(17-18-11)10-8-14-5-6-15-10/h5-6,8-9,13H,1-4,7H2. The number of aromatic nitrogens is 4. The van der Waals surface area contributed by atoms with Gasteiger partial charge in [-0.3, -0.25) is 4.98 Å². The van der Waals surface area contributed by atoms with E-state index in [1.54, 1.807) is 18.6 Å². The lowest BCUT2D eigenvalue weighted by Gasteiger charge is -2.03. The third-order valence-corrected chi connectivity index (χ3v) is 3.19. The van der Waals surface area contributed by atoms with Gasteiger partial charge in [0.1, 0.15) is 5.69 Å². The molecule has 1 aliphatic heterocycles. The lowest BCUT2D eigenvalue weighted by atomic mass is 10.0. The molecular formula is C12H15N5O. The van der Waals surface area contributed by atoms with Crippen LogP contribution >= 0.6 is 0 Å². The van der Waals surface area contributed by atoms with E-state index in [1.165, 1.54) is 6.42 Å². The Labute approximate surface area is 105 Å². The average molecular weight is 245 g/mol. The van der Waals surface area contributed by atoms with E-state index in [9.17, 15) is 0 Å². The normalized spacial score (nSPS) is 19.2. The predicted molar refractivity (Wildman–Crippen MR) is 64.6 cm³/mol. The van der Waals surface area contributed by atoms with E-state index in [0.717, 1.165) is 31.8 Å². The molecule has 0 spiro atoms. The van der Waals surface area contributed by atoms with Gasteiger partial charge in [-0.1, -0.05) is 5.16 Å². The summed E-state index contributed by atoms with van der Waals surface area (Å²) in [5.74, 6) is 1.93. The van der Waals surface area contributed by atoms with Gasteiger partial charge in [-0.25, -0.2) is 4.98 Å². The van der Waals surface area contributed by atoms with Crippen molar-refractivity contribution in [3.63, 3.8) is 0 Å². The minimum Gasteiger partial charge on any atom is -0.339 e. The van der Waals surface area contributed by atoms with Gasteiger partial charge in [-0.05, 0) is 31.8 Å². The van der Waals surface area contributed by atoms with Crippen molar-refractivity contribution >= 4 is 0 Å². The molecule has 0 radical (unpaired) electrons. The average Bonchev–Trinajstić information content (AvgIpc) is 3.09. The Balaban J connectivity index is 1.63. The highest BCUT2D eigenvalue weighted by Gasteiger charge is 2.16. The zero-order valence-corrected chi connectivity index (χ0v) is 10.0. The second-order valence-electron chi connectivity index (χ2n) is 4.50. The smallest absolute Gasteiger partial charge is 0.227 e. The molecule has 3 rings (SSSR count). The summed E-state index contributed by atoms with van der Waals surface area (Å²) in [6.45, 7) is 2.23. The maximum Gasteiger partial charge on any atom is 0.227 e. The van der Waals surface area contributed by atoms with Crippen LogP contribution in [0.2, 0.25) is 0 Å². The molecule has 0 amide bonds. The predicted octanol–water partition coefficient (Wildman–Crippen LogP) is 1.07. The second kappa shape index (κ2) is 5.22. The van der Waals surface area contributed by atoms with Crippen molar-refractivity contribution in [1.29, 1.82) is 0 Å². The van der Waals surface area contributed by atoms with Crippen molar-refractivity contribution in [2.75, 3.05) is 13.1 Å². The topological polar surface area (TPSA) is 76.7 Å². The highest BCUT2D eigenvalue weighted by molar-refractivity contribution is 5.45. The summed E-state index contributed by atoms with van der Waals surface area (Å²) in [4.78, 5) is 12.5. The molecule has 2 aromatic rings. The lowest BCUT2D eigenvalue weighted by Crippen LogP contribution is -2.09. The number of hydrogen-bond donors (Lipinski definition) is 1. The van der Waals surface area contributed by atoms with Crippen LogP contribution in [0, 0.1) is 5.92 Å². The zero-order chi connectivity index (χ0) is 12.2. The Kier molecular flexibility index (Phi) is 3.27. The molecule has 0 aromatic carbocycles. The van der Waals surface area contributed by atoms with E-state index in [4.69, 9.17) is 4.52 Å². The Morgan fingerprint density at radius 1 is 1.39 bits per heavy atom. The summed E-state index contributed by atoms with van der Waals surface area (Å²) in [6.07, 6.45) is 8.04. The second-order valence-corrected chi connectivity index (χ2v) is 4.50. The molecule has 1 fully saturated rings. The van der Waals surface area contributed by atoms with Gasteiger partial charge < -0.3 is 9.84 Å². The first-order valence-electron chi connectivity index (χ1n) is 6.21. The van der Waals surface area contributed by atoms with E-state index in [-0.39, 0.29) is 0 Å². The van der Waals surface area contributed by atoms with Crippen LogP contribution in [0.1, 0.15) is 18.7 Å². The minimum absolute atomic E-state index is 0.516. The van der Waals surface area contributed by atoms with E-state index in [1.807, 2.05) is 0 Å². The molecule has 18 heavy (non-hydrogen) atoms. The lowest BCUT2D eigenvalue weighted by molar-refractivity contribution is 0.365. The highest BCUT2D eigenvalue weighted by Crippen LogP contribution is 2.17. The molecule has 0 bridgehead atoms. The van der Waals surface area contributed by atoms with Crippen molar-refractivity contribution in [2.45, 2.75) is 19.3 Å². The van der Waals surface area contributed by atoms with Crippen LogP contribution in [-0.4, -0.2) is 33.2 Å². The maximum atomic E-state index is 5.23. The van der Waals surface area contributed by atoms with Crippen molar-refractivity contribution < 1.29 is 4.52 Å². The van der Waals surface area contributed by atoms with E-state index in [2.05, 4.69) is 25.4 Å². The van der Waals surface area contributed by atoms with Gasteiger partial charge in [-0.15, -0.1) is 0 Å². The molecule has 1 N–H and O–H groups in total. The number of nitrogens with one attached hydrogen (secondary N) is 1. The van der Waals surface area contributed by atoms with Crippen LogP contribution in [0.25, 0.3) is 11.5 Å². The summed E-state index contributed by atoms with van der Waals surface area (Å²) in [5, 5.41) is 7.28. The maximum absolute atomic E-state index is 5.23. The van der Waals surface area contributed by atoms with Crippen LogP contribution in [0.3, 0.4) is 0 Å². The van der Waals surface area contributed by atoms with Gasteiger partial charge in [0.25, 0.3) is 0 Å². The van der Waals surface area contributed by atoms with Gasteiger partial charge in [0.15, 0.2) is 0 Å². The number of rotatable bonds is 4. The molecule has 1 saturated heterocycles. The third-order valence-electron chi connectivity index (χ3n) is 3.19. The van der Waals surface area contributed by atoms with Gasteiger partial charge in [0, 0.05) is 18.8 Å². The van der Waals surface area contributed by atoms with Crippen molar-refractivity contribution in [3.05, 3.63) is 24.5 Å². The highest BCUT2D eigenvalue weighted by atomic mass is 16.5. The zero-order valence-electron chi connectivity index (χ0n) is 10.0. The summed E-state index contributed by atoms with van der Waals surface area (Å²) < 4.78 is 5.23. The van der Waals surface area contributed by atoms with Crippen LogP contribution in [0.15, 0.2) is 23.1 Å². The first kappa shape index (κ1) is 11.3. The summed E-state index contributed by atoms with van der Waals surface area (Å²) >= 11 is 0. The molecule has 1 atom stereocenters. The Morgan fingerprint density at radius 2 is 2.39 bits per heavy atom. The fourth-order valence-corrected chi connectivity index (χ4v) is 2.16. The quantitative estimate of drug-likeness (QED) is 0.868. The SMILES string of the molecule is c1cnc(-c2noc(CCC3CCNC3)n2)cn1. The number of hydrogen-bond acceptors (Lipinski definition) is 6. The molecule has 6 nitrogen and oxygen atoms in total. The van der Waals surface area contributed by atoms with Crippen molar-refractivity contribution in [1.82, 2.24) is 25.4 Å². The summed E-state index contributed by atoms with van der Waals surface area (Å²) in [6, 6.07) is 0. The van der Waals surface area contributed by atoms with Gasteiger partial charge in [0.2, 0.25) is 11.7 Å². The first-order valence-corrected chi connectivity index (χ1v) is 6.21. The van der Waals surface area contributed by atoms with Crippen LogP contribution in [0.4, 0.5) is 0 Å². The van der Waals surface area contributed by atoms with Gasteiger partial charge in [-0.2, -0.15) is 4.98 Å². The molecular weight excluding hydrogens is 230 g/mol. The van der Waals surface area contributed by atoms with Gasteiger partial charge in [0.05, 0.1) is 6.20 Å². The Hall–Kier alpha value is -1.82. The van der Waals surface area contributed by atoms with Crippen LogP contribution in [0.5, 0.6) is 0 Å².